The van der Waals surface area contributed by atoms with Crippen molar-refractivity contribution < 1.29 is 22.2 Å². The van der Waals surface area contributed by atoms with Crippen molar-refractivity contribution in [2.24, 2.45) is 11.7 Å². The Morgan fingerprint density at radius 1 is 1.23 bits per heavy atom. The van der Waals surface area contributed by atoms with E-state index in [1.54, 1.807) is 12.1 Å². The van der Waals surface area contributed by atoms with Gasteiger partial charge < -0.3 is 5.73 Å². The van der Waals surface area contributed by atoms with E-state index in [9.17, 15) is 18.0 Å². The molecular formula is C17H27N3O5S. The SMILES string of the molecule is CCOS(=O)(=O)N(NC(=O)[C@@H](N)Cc1ccccc1)C(=O)C[C@@H](C)CC. The van der Waals surface area contributed by atoms with Gasteiger partial charge in [0.25, 0.3) is 11.8 Å². The number of rotatable bonds is 9. The van der Waals surface area contributed by atoms with Gasteiger partial charge in [0, 0.05) is 6.42 Å². The quantitative estimate of drug-likeness (QED) is 0.615. The minimum Gasteiger partial charge on any atom is -0.320 e. The summed E-state index contributed by atoms with van der Waals surface area (Å²) in [5, 5.41) is 0. The maximum atomic E-state index is 12.4. The zero-order valence-electron chi connectivity index (χ0n) is 15.3. The molecule has 0 aromatic heterocycles. The van der Waals surface area contributed by atoms with Gasteiger partial charge >= 0.3 is 10.3 Å². The summed E-state index contributed by atoms with van der Waals surface area (Å²) in [6.07, 6.45) is 0.849. The van der Waals surface area contributed by atoms with Gasteiger partial charge in [-0.25, -0.2) is 5.43 Å². The van der Waals surface area contributed by atoms with Gasteiger partial charge in [0.1, 0.15) is 0 Å². The molecule has 1 aromatic carbocycles. The van der Waals surface area contributed by atoms with Crippen LogP contribution in [-0.4, -0.2) is 37.3 Å². The molecule has 0 saturated heterocycles. The smallest absolute Gasteiger partial charge is 0.320 e. The van der Waals surface area contributed by atoms with Crippen LogP contribution in [-0.2, 0) is 30.5 Å². The monoisotopic (exact) mass is 385 g/mol. The van der Waals surface area contributed by atoms with Gasteiger partial charge in [0.15, 0.2) is 0 Å². The summed E-state index contributed by atoms with van der Waals surface area (Å²) in [6, 6.07) is 8.03. The number of nitrogens with zero attached hydrogens (tertiary/aromatic N) is 1. The Kier molecular flexibility index (Phi) is 8.70. The van der Waals surface area contributed by atoms with Crippen LogP contribution in [0.25, 0.3) is 0 Å². The summed E-state index contributed by atoms with van der Waals surface area (Å²) in [6.45, 7) is 5.00. The van der Waals surface area contributed by atoms with Crippen LogP contribution in [0.1, 0.15) is 39.2 Å². The molecule has 0 aliphatic heterocycles. The largest absolute Gasteiger partial charge is 0.382 e. The lowest BCUT2D eigenvalue weighted by atomic mass is 10.1. The maximum Gasteiger partial charge on any atom is 0.382 e. The average molecular weight is 385 g/mol. The van der Waals surface area contributed by atoms with Crippen LogP contribution in [0.15, 0.2) is 30.3 Å². The number of carbonyl (C=O) groups is 2. The molecule has 2 atom stereocenters. The number of carbonyl (C=O) groups excluding carboxylic acids is 2. The fourth-order valence-electron chi connectivity index (χ4n) is 2.11. The Morgan fingerprint density at radius 3 is 2.38 bits per heavy atom. The fraction of sp³-hybridized carbons (Fsp3) is 0.529. The standard InChI is InChI=1S/C17H27N3O5S/c1-4-13(3)11-16(21)20(26(23,24)25-5-2)19-17(22)15(18)12-14-9-7-6-8-10-14/h6-10,13,15H,4-5,11-12,18H2,1-3H3,(H,19,22)/t13-,15-/m0/s1. The van der Waals surface area contributed by atoms with E-state index < -0.39 is 28.2 Å². The first-order valence-corrected chi connectivity index (χ1v) is 9.90. The first-order chi connectivity index (χ1) is 12.2. The van der Waals surface area contributed by atoms with E-state index in [-0.39, 0.29) is 29.8 Å². The molecule has 0 spiro atoms. The Morgan fingerprint density at radius 2 is 1.85 bits per heavy atom. The zero-order chi connectivity index (χ0) is 19.7. The Balaban J connectivity index is 2.89. The van der Waals surface area contributed by atoms with E-state index in [1.165, 1.54) is 6.92 Å². The fourth-order valence-corrected chi connectivity index (χ4v) is 3.04. The van der Waals surface area contributed by atoms with E-state index in [0.29, 0.717) is 6.42 Å². The molecular weight excluding hydrogens is 358 g/mol. The summed E-state index contributed by atoms with van der Waals surface area (Å²) in [5.41, 5.74) is 8.77. The molecule has 1 rings (SSSR count). The molecule has 3 N–H and O–H groups in total. The van der Waals surface area contributed by atoms with Gasteiger partial charge in [-0.1, -0.05) is 50.6 Å². The van der Waals surface area contributed by atoms with Crippen molar-refractivity contribution in [3.05, 3.63) is 35.9 Å². The molecule has 0 heterocycles. The van der Waals surface area contributed by atoms with Gasteiger partial charge in [-0.3, -0.25) is 13.8 Å². The van der Waals surface area contributed by atoms with E-state index in [0.717, 1.165) is 5.56 Å². The third-order valence-corrected chi connectivity index (χ3v) is 5.06. The number of nitrogens with one attached hydrogen (secondary N) is 1. The molecule has 0 unspecified atom stereocenters. The second-order valence-corrected chi connectivity index (χ2v) is 7.47. The lowest BCUT2D eigenvalue weighted by Gasteiger charge is -2.24. The van der Waals surface area contributed by atoms with Crippen LogP contribution in [0.2, 0.25) is 0 Å². The van der Waals surface area contributed by atoms with E-state index >= 15 is 0 Å². The van der Waals surface area contributed by atoms with Crippen LogP contribution in [0.5, 0.6) is 0 Å². The molecule has 8 nitrogen and oxygen atoms in total. The molecule has 0 radical (unpaired) electrons. The van der Waals surface area contributed by atoms with Crippen molar-refractivity contribution in [2.45, 2.75) is 46.1 Å². The highest BCUT2D eigenvalue weighted by molar-refractivity contribution is 7.84. The van der Waals surface area contributed by atoms with E-state index in [4.69, 9.17) is 5.73 Å². The highest BCUT2D eigenvalue weighted by Crippen LogP contribution is 2.12. The highest BCUT2D eigenvalue weighted by atomic mass is 32.2. The summed E-state index contributed by atoms with van der Waals surface area (Å²) in [7, 11) is -4.43. The van der Waals surface area contributed by atoms with Crippen LogP contribution >= 0.6 is 0 Å². The van der Waals surface area contributed by atoms with Crippen molar-refractivity contribution in [2.75, 3.05) is 6.61 Å². The second kappa shape index (κ2) is 10.2. The van der Waals surface area contributed by atoms with Gasteiger partial charge in [-0.05, 0) is 24.8 Å². The van der Waals surface area contributed by atoms with Crippen LogP contribution < -0.4 is 11.2 Å². The van der Waals surface area contributed by atoms with Gasteiger partial charge in [-0.15, -0.1) is 4.41 Å². The number of amides is 2. The summed E-state index contributed by atoms with van der Waals surface area (Å²) < 4.78 is 29.3. The third kappa shape index (κ3) is 6.74. The van der Waals surface area contributed by atoms with Crippen molar-refractivity contribution in [3.63, 3.8) is 0 Å². The third-order valence-electron chi connectivity index (χ3n) is 3.78. The minimum absolute atomic E-state index is 0.0446. The number of hydrazine groups is 1. The van der Waals surface area contributed by atoms with Gasteiger partial charge in [-0.2, -0.15) is 8.42 Å². The van der Waals surface area contributed by atoms with Crippen LogP contribution in [0.3, 0.4) is 0 Å². The normalized spacial score (nSPS) is 13.7. The van der Waals surface area contributed by atoms with Crippen molar-refractivity contribution in [3.8, 4) is 0 Å². The second-order valence-electron chi connectivity index (χ2n) is 6.01. The maximum absolute atomic E-state index is 12.4. The first-order valence-electron chi connectivity index (χ1n) is 8.53. The summed E-state index contributed by atoms with van der Waals surface area (Å²) in [4.78, 5) is 24.7. The van der Waals surface area contributed by atoms with Gasteiger partial charge in [0.2, 0.25) is 0 Å². The Hall–Kier alpha value is -1.97. The Labute approximate surface area is 154 Å². The Bertz CT molecular complexity index is 694. The van der Waals surface area contributed by atoms with E-state index in [1.807, 2.05) is 32.0 Å². The van der Waals surface area contributed by atoms with Crippen LogP contribution in [0.4, 0.5) is 0 Å². The number of hydrogen-bond donors (Lipinski definition) is 2. The number of benzene rings is 1. The van der Waals surface area contributed by atoms with Crippen molar-refractivity contribution in [1.82, 2.24) is 9.84 Å². The van der Waals surface area contributed by atoms with Crippen molar-refractivity contribution >= 4 is 22.1 Å². The predicted molar refractivity (Wildman–Crippen MR) is 97.7 cm³/mol. The van der Waals surface area contributed by atoms with Crippen molar-refractivity contribution in [1.29, 1.82) is 0 Å². The average Bonchev–Trinajstić information content (AvgIpc) is 2.59. The lowest BCUT2D eigenvalue weighted by Crippen LogP contribution is -2.55. The van der Waals surface area contributed by atoms with Crippen LogP contribution in [0, 0.1) is 5.92 Å². The molecule has 2 amide bonds. The molecule has 0 bridgehead atoms. The molecule has 26 heavy (non-hydrogen) atoms. The summed E-state index contributed by atoms with van der Waals surface area (Å²) in [5.74, 6) is -1.60. The topological polar surface area (TPSA) is 119 Å². The number of hydrogen-bond acceptors (Lipinski definition) is 6. The molecule has 1 aromatic rings. The molecule has 146 valence electrons. The van der Waals surface area contributed by atoms with E-state index in [2.05, 4.69) is 9.61 Å². The molecule has 0 aliphatic rings. The molecule has 0 fully saturated rings. The molecule has 0 saturated carbocycles. The summed E-state index contributed by atoms with van der Waals surface area (Å²) >= 11 is 0. The first kappa shape index (κ1) is 22.1. The molecule has 0 aliphatic carbocycles. The van der Waals surface area contributed by atoms with Gasteiger partial charge in [0.05, 0.1) is 12.6 Å². The lowest BCUT2D eigenvalue weighted by molar-refractivity contribution is -0.137. The highest BCUT2D eigenvalue weighted by Gasteiger charge is 2.32. The molecule has 9 heteroatoms. The zero-order valence-corrected chi connectivity index (χ0v) is 16.2. The number of nitrogens with two attached hydrogens (primary N) is 1. The minimum atomic E-state index is -4.43. The predicted octanol–water partition coefficient (Wildman–Crippen LogP) is 1.13.